The molecule has 35 heavy (non-hydrogen) atoms. The fourth-order valence-corrected chi connectivity index (χ4v) is 4.72. The van der Waals surface area contributed by atoms with Gasteiger partial charge in [-0.15, -0.1) is 0 Å². The zero-order valence-electron chi connectivity index (χ0n) is 18.2. The molecule has 4 aromatic rings. The van der Waals surface area contributed by atoms with Crippen LogP contribution in [0.4, 0.5) is 14.5 Å². The van der Waals surface area contributed by atoms with E-state index < -0.39 is 49.6 Å². The molecule has 0 amide bonds. The molecule has 0 bridgehead atoms. The fraction of sp³-hybridized carbons (Fsp3) is 0.0870. The van der Waals surface area contributed by atoms with E-state index in [-0.39, 0.29) is 11.0 Å². The molecule has 4 rings (SSSR count). The highest BCUT2D eigenvalue weighted by atomic mass is 32.2. The maximum Gasteiger partial charge on any atom is 0.237 e. The number of hydrogen-bond donors (Lipinski definition) is 1. The fourth-order valence-electron chi connectivity index (χ4n) is 3.09. The molecule has 180 valence electrons. The number of benzene rings is 2. The molecule has 2 aromatic carbocycles. The molecule has 8 nitrogen and oxygen atoms in total. The van der Waals surface area contributed by atoms with Gasteiger partial charge in [0.2, 0.25) is 26.9 Å². The Kier molecular flexibility index (Phi) is 7.12. The van der Waals surface area contributed by atoms with Crippen LogP contribution < -0.4 is 9.46 Å². The Hall–Kier alpha value is -3.77. The number of rotatable bonds is 8. The van der Waals surface area contributed by atoms with Crippen LogP contribution >= 0.6 is 0 Å². The van der Waals surface area contributed by atoms with Crippen molar-refractivity contribution < 1.29 is 26.1 Å². The van der Waals surface area contributed by atoms with Crippen molar-refractivity contribution in [1.29, 1.82) is 0 Å². The largest absolute Gasteiger partial charge is 0.435 e. The average molecular weight is 517 g/mol. The van der Waals surface area contributed by atoms with Gasteiger partial charge in [-0.1, -0.05) is 30.3 Å². The predicted molar refractivity (Wildman–Crippen MR) is 127 cm³/mol. The summed E-state index contributed by atoms with van der Waals surface area (Å²) in [6.45, 7) is 0. The molecular weight excluding hydrogens is 498 g/mol. The Bertz CT molecular complexity index is 1500. The monoisotopic (exact) mass is 516 g/mol. The zero-order chi connectivity index (χ0) is 25.0. The molecule has 0 aliphatic heterocycles. The average Bonchev–Trinajstić information content (AvgIpc) is 2.84. The summed E-state index contributed by atoms with van der Waals surface area (Å²) in [5.41, 5.74) is 0.578. The number of nitrogens with one attached hydrogen (secondary N) is 1. The van der Waals surface area contributed by atoms with Crippen LogP contribution in [0.25, 0.3) is 11.3 Å². The number of anilines is 1. The molecule has 2 heterocycles. The van der Waals surface area contributed by atoms with Gasteiger partial charge in [-0.25, -0.2) is 27.8 Å². The van der Waals surface area contributed by atoms with Gasteiger partial charge >= 0.3 is 0 Å². The number of aromatic nitrogens is 3. The normalized spacial score (nSPS) is 12.2. The Morgan fingerprint density at radius 3 is 2.46 bits per heavy atom. The van der Waals surface area contributed by atoms with Crippen molar-refractivity contribution in [1.82, 2.24) is 15.0 Å². The smallest absolute Gasteiger partial charge is 0.237 e. The van der Waals surface area contributed by atoms with Gasteiger partial charge in [0.05, 0.1) is 33.5 Å². The van der Waals surface area contributed by atoms with Gasteiger partial charge in [-0.2, -0.15) is 4.39 Å². The van der Waals surface area contributed by atoms with E-state index in [0.717, 1.165) is 12.1 Å². The Morgan fingerprint density at radius 2 is 1.71 bits per heavy atom. The maximum atomic E-state index is 14.8. The molecule has 0 aliphatic rings. The molecule has 0 radical (unpaired) electrons. The van der Waals surface area contributed by atoms with Crippen molar-refractivity contribution >= 4 is 26.5 Å². The van der Waals surface area contributed by atoms with E-state index >= 15 is 0 Å². The number of ether oxygens (including phenoxy) is 1. The lowest BCUT2D eigenvalue weighted by Gasteiger charge is -2.13. The molecule has 0 spiro atoms. The van der Waals surface area contributed by atoms with Crippen molar-refractivity contribution in [3.05, 3.63) is 90.3 Å². The first kappa shape index (κ1) is 24.4. The highest BCUT2D eigenvalue weighted by molar-refractivity contribution is 7.91. The molecule has 1 atom stereocenters. The Balaban J connectivity index is 1.60. The van der Waals surface area contributed by atoms with E-state index in [2.05, 4.69) is 19.7 Å². The summed E-state index contributed by atoms with van der Waals surface area (Å²) in [4.78, 5) is 12.2. The minimum Gasteiger partial charge on any atom is -0.435 e. The van der Waals surface area contributed by atoms with Gasteiger partial charge in [0.15, 0.2) is 11.6 Å². The van der Waals surface area contributed by atoms with Crippen LogP contribution in [0.15, 0.2) is 78.2 Å². The second-order valence-electron chi connectivity index (χ2n) is 7.22. The van der Waals surface area contributed by atoms with E-state index in [4.69, 9.17) is 4.74 Å². The van der Waals surface area contributed by atoms with E-state index in [1.807, 2.05) is 0 Å². The first-order valence-electron chi connectivity index (χ1n) is 10.1. The second kappa shape index (κ2) is 10.2. The molecule has 0 saturated carbocycles. The van der Waals surface area contributed by atoms with E-state index in [9.17, 15) is 21.4 Å². The highest BCUT2D eigenvalue weighted by Crippen LogP contribution is 2.34. The lowest BCUT2D eigenvalue weighted by atomic mass is 10.2. The quantitative estimate of drug-likeness (QED) is 0.348. The summed E-state index contributed by atoms with van der Waals surface area (Å²) in [7, 11) is -5.44. The number of halogens is 2. The summed E-state index contributed by atoms with van der Waals surface area (Å²) in [5.74, 6) is -3.84. The van der Waals surface area contributed by atoms with Crippen molar-refractivity contribution in [3.8, 4) is 22.9 Å². The third-order valence-corrected chi connectivity index (χ3v) is 6.61. The first-order valence-corrected chi connectivity index (χ1v) is 13.3. The van der Waals surface area contributed by atoms with Gasteiger partial charge in [-0.3, -0.25) is 8.93 Å². The van der Waals surface area contributed by atoms with Gasteiger partial charge in [0.1, 0.15) is 0 Å². The minimum absolute atomic E-state index is 0.0849. The Morgan fingerprint density at radius 1 is 0.943 bits per heavy atom. The summed E-state index contributed by atoms with van der Waals surface area (Å²) in [6, 6.07) is 15.2. The second-order valence-corrected chi connectivity index (χ2v) is 10.2. The van der Waals surface area contributed by atoms with Crippen molar-refractivity contribution in [2.45, 2.75) is 10.9 Å². The maximum absolute atomic E-state index is 14.8. The zero-order valence-corrected chi connectivity index (χ0v) is 19.8. The summed E-state index contributed by atoms with van der Waals surface area (Å²) in [5, 5.41) is 0.0849. The van der Waals surface area contributed by atoms with Crippen LogP contribution in [0.3, 0.4) is 0 Å². The SMILES string of the molecule is CS(=O)c1nccc(-c2cccnc2Oc2ccc(NS(=O)(=O)Cc3ccccc3)c(F)c2F)n1. The van der Waals surface area contributed by atoms with Gasteiger partial charge < -0.3 is 4.74 Å². The summed E-state index contributed by atoms with van der Waals surface area (Å²) in [6.07, 6.45) is 4.22. The summed E-state index contributed by atoms with van der Waals surface area (Å²) < 4.78 is 73.7. The number of pyridine rings is 1. The standard InChI is InChI=1S/C23H18F2N4O4S2/c1-34(30)23-27-13-11-17(28-23)16-8-5-12-26-22(16)33-19-10-9-18(20(24)21(19)25)29-35(31,32)14-15-6-3-2-4-7-15/h2-13,29H,14H2,1H3. The van der Waals surface area contributed by atoms with Crippen LogP contribution in [0.5, 0.6) is 11.6 Å². The molecule has 12 heteroatoms. The number of nitrogens with zero attached hydrogens (tertiary/aromatic N) is 3. The number of hydrogen-bond acceptors (Lipinski definition) is 7. The van der Waals surface area contributed by atoms with E-state index in [1.165, 1.54) is 24.7 Å². The first-order chi connectivity index (χ1) is 16.7. The number of sulfonamides is 1. The lowest BCUT2D eigenvalue weighted by Crippen LogP contribution is -2.16. The van der Waals surface area contributed by atoms with Gasteiger partial charge in [0, 0.05) is 18.6 Å². The molecule has 2 aromatic heterocycles. The third-order valence-electron chi connectivity index (χ3n) is 4.66. The molecule has 1 unspecified atom stereocenters. The highest BCUT2D eigenvalue weighted by Gasteiger charge is 2.21. The summed E-state index contributed by atoms with van der Waals surface area (Å²) >= 11 is 0. The van der Waals surface area contributed by atoms with Crippen LogP contribution in [0.2, 0.25) is 0 Å². The molecule has 0 aliphatic carbocycles. The van der Waals surface area contributed by atoms with Crippen molar-refractivity contribution in [2.24, 2.45) is 0 Å². The van der Waals surface area contributed by atoms with Crippen molar-refractivity contribution in [3.63, 3.8) is 0 Å². The minimum atomic E-state index is -4.00. The van der Waals surface area contributed by atoms with Crippen LogP contribution in [-0.2, 0) is 26.6 Å². The molecule has 0 saturated heterocycles. The van der Waals surface area contributed by atoms with Gasteiger partial charge in [0.25, 0.3) is 0 Å². The molecule has 0 fully saturated rings. The third kappa shape index (κ3) is 5.84. The van der Waals surface area contributed by atoms with Crippen LogP contribution in [0.1, 0.15) is 5.56 Å². The molecule has 1 N–H and O–H groups in total. The Labute approximate surface area is 202 Å². The van der Waals surface area contributed by atoms with E-state index in [1.54, 1.807) is 42.5 Å². The lowest BCUT2D eigenvalue weighted by molar-refractivity contribution is 0.407. The van der Waals surface area contributed by atoms with Crippen molar-refractivity contribution in [2.75, 3.05) is 11.0 Å². The van der Waals surface area contributed by atoms with Gasteiger partial charge in [-0.05, 0) is 35.9 Å². The van der Waals surface area contributed by atoms with E-state index in [0.29, 0.717) is 16.8 Å². The van der Waals surface area contributed by atoms with Crippen LogP contribution in [0, 0.1) is 11.6 Å². The predicted octanol–water partition coefficient (Wildman–Crippen LogP) is 4.29. The van der Waals surface area contributed by atoms with Crippen LogP contribution in [-0.4, -0.2) is 33.8 Å². The molecular formula is C23H18F2N4O4S2. The topological polar surface area (TPSA) is 111 Å².